The Morgan fingerprint density at radius 3 is 2.37 bits per heavy atom. The quantitative estimate of drug-likeness (QED) is 0.225. The highest BCUT2D eigenvalue weighted by Crippen LogP contribution is 2.31. The monoisotopic (exact) mass is 586 g/mol. The summed E-state index contributed by atoms with van der Waals surface area (Å²) in [5, 5.41) is 10.2. The Labute approximate surface area is 227 Å². The number of thioether (sulfide) groups is 1. The van der Waals surface area contributed by atoms with Crippen molar-refractivity contribution < 1.29 is 8.42 Å². The van der Waals surface area contributed by atoms with E-state index in [-0.39, 0.29) is 21.5 Å². The molecule has 35 heavy (non-hydrogen) atoms. The molecule has 0 atom stereocenters. The number of nitrogens with zero attached hydrogens (tertiary/aromatic N) is 3. The first-order chi connectivity index (χ1) is 16.7. The number of sulfonamides is 1. The van der Waals surface area contributed by atoms with Crippen LogP contribution in [0.2, 0.25) is 20.1 Å². The second-order valence-corrected chi connectivity index (χ2v) is 11.8. The Kier molecular flexibility index (Phi) is 8.33. The van der Waals surface area contributed by atoms with Crippen LogP contribution in [0.3, 0.4) is 0 Å². The van der Waals surface area contributed by atoms with Crippen LogP contribution < -0.4 is 4.72 Å². The molecule has 0 saturated carbocycles. The van der Waals surface area contributed by atoms with Gasteiger partial charge in [0, 0.05) is 15.8 Å². The Hall–Kier alpha value is -1.78. The van der Waals surface area contributed by atoms with Crippen LogP contribution in [-0.4, -0.2) is 23.2 Å². The molecule has 0 spiro atoms. The molecule has 0 amide bonds. The van der Waals surface area contributed by atoms with Crippen LogP contribution >= 0.6 is 58.2 Å². The lowest BCUT2D eigenvalue weighted by Gasteiger charge is -2.14. The summed E-state index contributed by atoms with van der Waals surface area (Å²) in [6.45, 7) is 1.87. The van der Waals surface area contributed by atoms with Gasteiger partial charge in [-0.25, -0.2) is 13.1 Å². The lowest BCUT2D eigenvalue weighted by molar-refractivity contribution is 0.578. The van der Waals surface area contributed by atoms with Gasteiger partial charge in [0.25, 0.3) is 0 Å². The van der Waals surface area contributed by atoms with Gasteiger partial charge in [-0.2, -0.15) is 0 Å². The Bertz CT molecular complexity index is 1490. The number of hydrogen-bond acceptors (Lipinski definition) is 5. The van der Waals surface area contributed by atoms with Crippen molar-refractivity contribution in [2.24, 2.45) is 0 Å². The second-order valence-electron chi connectivity index (χ2n) is 7.44. The summed E-state index contributed by atoms with van der Waals surface area (Å²) in [6, 6.07) is 17.3. The fraction of sp³-hybridized carbons (Fsp3) is 0.130. The van der Waals surface area contributed by atoms with E-state index in [0.717, 1.165) is 11.1 Å². The van der Waals surface area contributed by atoms with E-state index in [2.05, 4.69) is 14.9 Å². The number of aryl methyl sites for hydroxylation is 1. The maximum absolute atomic E-state index is 12.9. The number of aromatic nitrogens is 3. The Morgan fingerprint density at radius 2 is 1.63 bits per heavy atom. The van der Waals surface area contributed by atoms with Crippen LogP contribution in [0.25, 0.3) is 5.69 Å². The van der Waals surface area contributed by atoms with Crippen molar-refractivity contribution in [3.63, 3.8) is 0 Å². The molecule has 182 valence electrons. The number of halogens is 4. The van der Waals surface area contributed by atoms with E-state index in [9.17, 15) is 8.42 Å². The third-order valence-electron chi connectivity index (χ3n) is 5.07. The normalized spacial score (nSPS) is 11.7. The van der Waals surface area contributed by atoms with Crippen LogP contribution in [0.15, 0.2) is 70.7 Å². The second kappa shape index (κ2) is 11.1. The first-order valence-corrected chi connectivity index (χ1v) is 14.2. The van der Waals surface area contributed by atoms with Crippen molar-refractivity contribution in [2.75, 3.05) is 0 Å². The molecule has 0 aliphatic heterocycles. The minimum absolute atomic E-state index is 0.0542. The van der Waals surface area contributed by atoms with Gasteiger partial charge in [0.2, 0.25) is 10.0 Å². The van der Waals surface area contributed by atoms with Gasteiger partial charge in [0.15, 0.2) is 11.0 Å². The molecule has 0 aliphatic carbocycles. The molecule has 0 saturated heterocycles. The lowest BCUT2D eigenvalue weighted by Crippen LogP contribution is -2.25. The van der Waals surface area contributed by atoms with E-state index in [0.29, 0.717) is 32.5 Å². The lowest BCUT2D eigenvalue weighted by atomic mass is 10.1. The van der Waals surface area contributed by atoms with E-state index in [1.807, 2.05) is 31.2 Å². The molecular weight excluding hydrogens is 570 g/mol. The van der Waals surface area contributed by atoms with Crippen molar-refractivity contribution in [2.45, 2.75) is 29.3 Å². The van der Waals surface area contributed by atoms with E-state index < -0.39 is 10.0 Å². The SMILES string of the molecule is Cc1ccccc1CSc1nnc(CNS(=O)(=O)c2cc(Cl)ccc2Cl)n1-c1ccc(Cl)cc1Cl. The topological polar surface area (TPSA) is 76.9 Å². The third-order valence-corrected chi connectivity index (χ3v) is 8.71. The summed E-state index contributed by atoms with van der Waals surface area (Å²) >= 11 is 26.1. The van der Waals surface area contributed by atoms with E-state index in [4.69, 9.17) is 46.4 Å². The molecule has 4 aromatic rings. The highest BCUT2D eigenvalue weighted by Gasteiger charge is 2.22. The smallest absolute Gasteiger partial charge is 0.242 e. The van der Waals surface area contributed by atoms with Crippen molar-refractivity contribution in [1.29, 1.82) is 0 Å². The summed E-state index contributed by atoms with van der Waals surface area (Å²) in [4.78, 5) is -0.128. The summed E-state index contributed by atoms with van der Waals surface area (Å²) in [6.07, 6.45) is 0. The van der Waals surface area contributed by atoms with Gasteiger partial charge >= 0.3 is 0 Å². The van der Waals surface area contributed by atoms with Crippen LogP contribution in [0.4, 0.5) is 0 Å². The van der Waals surface area contributed by atoms with Gasteiger partial charge in [-0.15, -0.1) is 10.2 Å². The van der Waals surface area contributed by atoms with Crippen LogP contribution in [0.5, 0.6) is 0 Å². The molecule has 1 heterocycles. The molecule has 0 fully saturated rings. The predicted octanol–water partition coefficient (Wildman–Crippen LogP) is 6.96. The summed E-state index contributed by atoms with van der Waals surface area (Å²) in [5.41, 5.74) is 2.87. The minimum atomic E-state index is -3.99. The highest BCUT2D eigenvalue weighted by molar-refractivity contribution is 7.98. The maximum atomic E-state index is 12.9. The van der Waals surface area contributed by atoms with Gasteiger partial charge in [-0.3, -0.25) is 4.57 Å². The van der Waals surface area contributed by atoms with Crippen molar-refractivity contribution in [1.82, 2.24) is 19.5 Å². The molecule has 6 nitrogen and oxygen atoms in total. The Balaban J connectivity index is 1.67. The van der Waals surface area contributed by atoms with Gasteiger partial charge in [-0.1, -0.05) is 82.4 Å². The highest BCUT2D eigenvalue weighted by atomic mass is 35.5. The van der Waals surface area contributed by atoms with Crippen molar-refractivity contribution in [3.05, 3.63) is 97.7 Å². The molecule has 1 N–H and O–H groups in total. The van der Waals surface area contributed by atoms with E-state index >= 15 is 0 Å². The average molecular weight is 588 g/mol. The van der Waals surface area contributed by atoms with E-state index in [1.54, 1.807) is 22.8 Å². The van der Waals surface area contributed by atoms with Crippen molar-refractivity contribution >= 4 is 68.2 Å². The molecule has 3 aromatic carbocycles. The predicted molar refractivity (Wildman–Crippen MR) is 143 cm³/mol. The fourth-order valence-corrected chi connectivity index (χ4v) is 6.52. The zero-order chi connectivity index (χ0) is 25.2. The molecule has 0 bridgehead atoms. The van der Waals surface area contributed by atoms with Crippen molar-refractivity contribution in [3.8, 4) is 5.69 Å². The minimum Gasteiger partial charge on any atom is -0.271 e. The Morgan fingerprint density at radius 1 is 0.914 bits per heavy atom. The van der Waals surface area contributed by atoms with Gasteiger partial charge in [-0.05, 0) is 54.4 Å². The average Bonchev–Trinajstić information content (AvgIpc) is 3.21. The third kappa shape index (κ3) is 6.14. The molecule has 0 unspecified atom stereocenters. The molecule has 12 heteroatoms. The largest absolute Gasteiger partial charge is 0.271 e. The summed E-state index contributed by atoms with van der Waals surface area (Å²) in [5.74, 6) is 0.975. The molecule has 1 aromatic heterocycles. The van der Waals surface area contributed by atoms with Crippen LogP contribution in [0, 0.1) is 6.92 Å². The number of nitrogens with one attached hydrogen (secondary N) is 1. The molecule has 0 aliphatic rings. The number of hydrogen-bond donors (Lipinski definition) is 1. The van der Waals surface area contributed by atoms with Gasteiger partial charge in [0.1, 0.15) is 4.90 Å². The van der Waals surface area contributed by atoms with Gasteiger partial charge in [0.05, 0.1) is 22.3 Å². The summed E-state index contributed by atoms with van der Waals surface area (Å²) < 4.78 is 30.1. The maximum Gasteiger partial charge on any atom is 0.242 e. The molecule has 0 radical (unpaired) electrons. The fourth-order valence-electron chi connectivity index (χ4n) is 3.25. The number of rotatable bonds is 8. The number of benzene rings is 3. The van der Waals surface area contributed by atoms with E-state index in [1.165, 1.54) is 30.0 Å². The van der Waals surface area contributed by atoms with Gasteiger partial charge < -0.3 is 0 Å². The van der Waals surface area contributed by atoms with Crippen LogP contribution in [-0.2, 0) is 22.3 Å². The zero-order valence-corrected chi connectivity index (χ0v) is 22.8. The van der Waals surface area contributed by atoms with Crippen LogP contribution in [0.1, 0.15) is 17.0 Å². The summed E-state index contributed by atoms with van der Waals surface area (Å²) in [7, 11) is -3.99. The standard InChI is InChI=1S/C23H18Cl4N4O2S2/c1-14-4-2-3-5-15(14)13-34-23-30-29-22(31(23)20-9-7-16(24)10-19(20)27)12-28-35(32,33)21-11-17(25)6-8-18(21)26/h2-11,28H,12-13H2,1H3. The first-order valence-electron chi connectivity index (χ1n) is 10.2. The zero-order valence-electron chi connectivity index (χ0n) is 18.2. The molecule has 4 rings (SSSR count). The first kappa shape index (κ1) is 26.3. The molecular formula is C23H18Cl4N4O2S2.